The van der Waals surface area contributed by atoms with Gasteiger partial charge in [-0.25, -0.2) is 0 Å². The molecule has 3 atom stereocenters. The average molecular weight is 203 g/mol. The van der Waals surface area contributed by atoms with E-state index in [0.717, 1.165) is 0 Å². The molecule has 0 aromatic rings. The minimum atomic E-state index is -0.893. The molecule has 80 valence electrons. The summed E-state index contributed by atoms with van der Waals surface area (Å²) in [5.74, 6) is 0. The first kappa shape index (κ1) is 11.2. The van der Waals surface area contributed by atoms with E-state index in [-0.39, 0.29) is 6.61 Å². The van der Waals surface area contributed by atoms with E-state index in [2.05, 4.69) is 10.0 Å². The molecular weight excluding hydrogens is 190 g/mol. The summed E-state index contributed by atoms with van der Waals surface area (Å²) in [5, 5.41) is 13.1. The van der Waals surface area contributed by atoms with E-state index in [1.807, 2.05) is 0 Å². The Labute approximate surface area is 81.2 Å². The number of aliphatic hydroxyl groups excluding tert-OH is 1. The first-order valence-corrected chi connectivity index (χ1v) is 4.14. The zero-order valence-electron chi connectivity index (χ0n) is 8.03. The van der Waals surface area contributed by atoms with Gasteiger partial charge in [-0.1, -0.05) is 5.11 Å². The fourth-order valence-corrected chi connectivity index (χ4v) is 1.40. The van der Waals surface area contributed by atoms with Crippen LogP contribution in [0.15, 0.2) is 5.11 Å². The van der Waals surface area contributed by atoms with Crippen molar-refractivity contribution < 1.29 is 19.3 Å². The van der Waals surface area contributed by atoms with Crippen molar-refractivity contribution in [2.45, 2.75) is 24.5 Å². The third kappa shape index (κ3) is 2.14. The van der Waals surface area contributed by atoms with Crippen LogP contribution in [0.5, 0.6) is 0 Å². The van der Waals surface area contributed by atoms with Crippen LogP contribution in [-0.4, -0.2) is 50.5 Å². The molecule has 0 aromatic carbocycles. The van der Waals surface area contributed by atoms with Gasteiger partial charge in [0, 0.05) is 19.1 Å². The highest BCUT2D eigenvalue weighted by molar-refractivity contribution is 4.90. The summed E-state index contributed by atoms with van der Waals surface area (Å²) in [6, 6.07) is -0.571. The second-order valence-corrected chi connectivity index (χ2v) is 2.90. The molecule has 1 aliphatic rings. The molecule has 0 aromatic heterocycles. The van der Waals surface area contributed by atoms with Gasteiger partial charge in [0.05, 0.1) is 18.8 Å². The van der Waals surface area contributed by atoms with Crippen molar-refractivity contribution in [1.82, 2.24) is 0 Å². The van der Waals surface area contributed by atoms with Crippen LogP contribution in [0.4, 0.5) is 0 Å². The molecule has 0 saturated carbocycles. The third-order valence-electron chi connectivity index (χ3n) is 2.12. The predicted molar refractivity (Wildman–Crippen MR) is 46.5 cm³/mol. The summed E-state index contributed by atoms with van der Waals surface area (Å²) in [6.45, 7) is 0.180. The Kier molecular flexibility index (Phi) is 4.12. The molecule has 1 N–H and O–H groups in total. The summed E-state index contributed by atoms with van der Waals surface area (Å²) >= 11 is 0. The molecule has 0 radical (unpaired) electrons. The molecule has 1 fully saturated rings. The van der Waals surface area contributed by atoms with Gasteiger partial charge < -0.3 is 19.3 Å². The lowest BCUT2D eigenvalue weighted by Gasteiger charge is -2.22. The third-order valence-corrected chi connectivity index (χ3v) is 2.12. The van der Waals surface area contributed by atoms with E-state index in [1.165, 1.54) is 14.2 Å². The molecule has 7 heteroatoms. The molecular formula is C7H13N3O4. The number of hydrogen-bond acceptors (Lipinski definition) is 5. The summed E-state index contributed by atoms with van der Waals surface area (Å²) in [5.41, 5.74) is 8.21. The number of methoxy groups -OCH3 is 2. The van der Waals surface area contributed by atoms with Crippen molar-refractivity contribution in [3.63, 3.8) is 0 Å². The maximum Gasteiger partial charge on any atom is 0.185 e. The van der Waals surface area contributed by atoms with E-state index in [9.17, 15) is 5.11 Å². The van der Waals surface area contributed by atoms with E-state index < -0.39 is 24.5 Å². The van der Waals surface area contributed by atoms with Crippen molar-refractivity contribution in [2.24, 2.45) is 5.11 Å². The van der Waals surface area contributed by atoms with E-state index >= 15 is 0 Å². The number of hydrogen-bond donors (Lipinski definition) is 1. The van der Waals surface area contributed by atoms with Crippen LogP contribution in [0.25, 0.3) is 10.4 Å². The molecule has 0 spiro atoms. The van der Waals surface area contributed by atoms with Crippen LogP contribution in [0.3, 0.4) is 0 Å². The van der Waals surface area contributed by atoms with Gasteiger partial charge in [0.1, 0.15) is 6.10 Å². The smallest absolute Gasteiger partial charge is 0.185 e. The van der Waals surface area contributed by atoms with Crippen LogP contribution >= 0.6 is 0 Å². The Morgan fingerprint density at radius 1 is 1.57 bits per heavy atom. The highest BCUT2D eigenvalue weighted by Crippen LogP contribution is 2.21. The minimum Gasteiger partial charge on any atom is -0.390 e. The fourth-order valence-electron chi connectivity index (χ4n) is 1.40. The van der Waals surface area contributed by atoms with Crippen molar-refractivity contribution in [1.29, 1.82) is 0 Å². The Bertz CT molecular complexity index is 227. The minimum absolute atomic E-state index is 0.180. The van der Waals surface area contributed by atoms with Gasteiger partial charge in [-0.05, 0) is 5.53 Å². The standard InChI is InChI=1S/C7H13N3O4/c1-12-7(13-2)6-5(11)4(3-14-6)9-10-8/h4-7,11H,3H2,1-2H3/t4-,5+,6+/m0/s1. The first-order chi connectivity index (χ1) is 6.74. The highest BCUT2D eigenvalue weighted by Gasteiger charge is 2.40. The van der Waals surface area contributed by atoms with Gasteiger partial charge in [0.25, 0.3) is 0 Å². The van der Waals surface area contributed by atoms with E-state index in [4.69, 9.17) is 19.7 Å². The van der Waals surface area contributed by atoms with Crippen LogP contribution < -0.4 is 0 Å². The predicted octanol–water partition coefficient (Wildman–Crippen LogP) is 0.0439. The Morgan fingerprint density at radius 3 is 2.71 bits per heavy atom. The molecule has 0 aliphatic carbocycles. The number of ether oxygens (including phenoxy) is 3. The molecule has 1 aliphatic heterocycles. The zero-order chi connectivity index (χ0) is 10.6. The SMILES string of the molecule is COC(OC)[C@@H]1OC[C@H](N=[N+]=[N-])[C@H]1O. The van der Waals surface area contributed by atoms with Gasteiger partial charge in [-0.15, -0.1) is 0 Å². The molecule has 14 heavy (non-hydrogen) atoms. The maximum atomic E-state index is 9.66. The van der Waals surface area contributed by atoms with Gasteiger partial charge in [0.2, 0.25) is 0 Å². The average Bonchev–Trinajstić information content (AvgIpc) is 2.53. The summed E-state index contributed by atoms with van der Waals surface area (Å²) in [4.78, 5) is 2.62. The van der Waals surface area contributed by atoms with Crippen LogP contribution in [0, 0.1) is 0 Å². The van der Waals surface area contributed by atoms with Gasteiger partial charge in [0.15, 0.2) is 6.29 Å². The molecule has 0 unspecified atom stereocenters. The lowest BCUT2D eigenvalue weighted by atomic mass is 10.1. The largest absolute Gasteiger partial charge is 0.390 e. The Morgan fingerprint density at radius 2 is 2.21 bits per heavy atom. The highest BCUT2D eigenvalue weighted by atomic mass is 16.7. The first-order valence-electron chi connectivity index (χ1n) is 4.14. The number of rotatable bonds is 4. The van der Waals surface area contributed by atoms with E-state index in [0.29, 0.717) is 0 Å². The molecule has 1 rings (SSSR count). The summed E-state index contributed by atoms with van der Waals surface area (Å²) in [7, 11) is 2.90. The quantitative estimate of drug-likeness (QED) is 0.302. The summed E-state index contributed by atoms with van der Waals surface area (Å²) in [6.07, 6.45) is -2.15. The monoisotopic (exact) mass is 203 g/mol. The van der Waals surface area contributed by atoms with Crippen molar-refractivity contribution in [3.8, 4) is 0 Å². The summed E-state index contributed by atoms with van der Waals surface area (Å²) < 4.78 is 15.1. The second-order valence-electron chi connectivity index (χ2n) is 2.90. The Hall–Kier alpha value is -0.850. The van der Waals surface area contributed by atoms with Crippen molar-refractivity contribution in [3.05, 3.63) is 10.4 Å². The molecule has 1 heterocycles. The van der Waals surface area contributed by atoms with Gasteiger partial charge in [-0.2, -0.15) is 0 Å². The normalized spacial score (nSPS) is 31.9. The lowest BCUT2D eigenvalue weighted by molar-refractivity contribution is -0.184. The molecule has 0 amide bonds. The zero-order valence-corrected chi connectivity index (χ0v) is 8.03. The number of nitrogens with zero attached hydrogens (tertiary/aromatic N) is 3. The molecule has 1 saturated heterocycles. The van der Waals surface area contributed by atoms with Crippen LogP contribution in [0.2, 0.25) is 0 Å². The van der Waals surface area contributed by atoms with Crippen LogP contribution in [-0.2, 0) is 14.2 Å². The fraction of sp³-hybridized carbons (Fsp3) is 1.00. The maximum absolute atomic E-state index is 9.66. The van der Waals surface area contributed by atoms with Gasteiger partial charge >= 0.3 is 0 Å². The van der Waals surface area contributed by atoms with Gasteiger partial charge in [-0.3, -0.25) is 0 Å². The van der Waals surface area contributed by atoms with Crippen molar-refractivity contribution >= 4 is 0 Å². The van der Waals surface area contributed by atoms with Crippen molar-refractivity contribution in [2.75, 3.05) is 20.8 Å². The number of azide groups is 1. The number of aliphatic hydroxyl groups is 1. The molecule has 0 bridgehead atoms. The van der Waals surface area contributed by atoms with Crippen LogP contribution in [0.1, 0.15) is 0 Å². The molecule has 7 nitrogen and oxygen atoms in total. The topological polar surface area (TPSA) is 96.7 Å². The Balaban J connectivity index is 2.62. The second kappa shape index (κ2) is 5.14. The lowest BCUT2D eigenvalue weighted by Crippen LogP contribution is -2.40. The van der Waals surface area contributed by atoms with E-state index in [1.54, 1.807) is 0 Å².